The van der Waals surface area contributed by atoms with Gasteiger partial charge in [0.2, 0.25) is 0 Å². The Bertz CT molecular complexity index is 1470. The Kier molecular flexibility index (Phi) is 7.95. The van der Waals surface area contributed by atoms with Crippen molar-refractivity contribution in [2.24, 2.45) is 4.99 Å². The van der Waals surface area contributed by atoms with Gasteiger partial charge in [-0.05, 0) is 81.7 Å². The quantitative estimate of drug-likeness (QED) is 0.296. The molecule has 1 fully saturated rings. The van der Waals surface area contributed by atoms with Crippen LogP contribution in [0, 0.1) is 6.92 Å². The zero-order valence-electron chi connectivity index (χ0n) is 24.6. The molecule has 0 bridgehead atoms. The molecule has 1 atom stereocenters. The van der Waals surface area contributed by atoms with Crippen molar-refractivity contribution in [2.75, 3.05) is 26.7 Å². The maximum Gasteiger partial charge on any atom is 0.435 e. The molecule has 2 aliphatic heterocycles. The summed E-state index contributed by atoms with van der Waals surface area (Å²) in [6.07, 6.45) is 19.9. The molecule has 2 aliphatic carbocycles. The summed E-state index contributed by atoms with van der Waals surface area (Å²) in [7, 11) is -8.47. The first kappa shape index (κ1) is 31.1. The van der Waals surface area contributed by atoms with E-state index in [0.717, 1.165) is 65.9 Å². The molecule has 7 nitrogen and oxygen atoms in total. The number of methoxy groups -OCH3 is 1. The Morgan fingerprint density at radius 1 is 1.07 bits per heavy atom. The molecule has 236 valence electrons. The molecule has 1 unspecified atom stereocenters. The lowest BCUT2D eigenvalue weighted by atomic mass is 9.91. The van der Waals surface area contributed by atoms with Gasteiger partial charge in [-0.15, -0.1) is 0 Å². The number of hydrogen-bond acceptors (Lipinski definition) is 6. The predicted octanol–water partition coefficient (Wildman–Crippen LogP) is 8.55. The highest BCUT2D eigenvalue weighted by atomic mass is 32.5. The molecule has 13 heteroatoms. The van der Waals surface area contributed by atoms with Gasteiger partial charge in [0.05, 0.1) is 24.8 Å². The van der Waals surface area contributed by atoms with E-state index in [2.05, 4.69) is 27.4 Å². The summed E-state index contributed by atoms with van der Waals surface area (Å²) in [6, 6.07) is 0. The predicted molar refractivity (Wildman–Crippen MR) is 160 cm³/mol. The fourth-order valence-electron chi connectivity index (χ4n) is 6.04. The van der Waals surface area contributed by atoms with Crippen LogP contribution >= 0.6 is 10.5 Å². The number of imidazole rings is 1. The Labute approximate surface area is 249 Å². The first-order chi connectivity index (χ1) is 20.1. The van der Waals surface area contributed by atoms with Crippen molar-refractivity contribution in [1.29, 1.82) is 0 Å². The molecule has 0 saturated carbocycles. The van der Waals surface area contributed by atoms with Crippen LogP contribution in [0.1, 0.15) is 57.6 Å². The molecule has 0 aromatic carbocycles. The second kappa shape index (κ2) is 11.0. The van der Waals surface area contributed by atoms with E-state index in [0.29, 0.717) is 32.5 Å². The number of nitrogens with zero attached hydrogens (tertiary/aromatic N) is 5. The average molecular weight is 628 g/mol. The van der Waals surface area contributed by atoms with Crippen LogP contribution in [0.15, 0.2) is 82.7 Å². The fourth-order valence-corrected chi connectivity index (χ4v) is 6.56. The molecule has 1 saturated heterocycles. The van der Waals surface area contributed by atoms with Gasteiger partial charge < -0.3 is 13.5 Å². The highest BCUT2D eigenvalue weighted by Gasteiger charge is 2.67. The number of ether oxygens (including phenoxy) is 1. The normalized spacial score (nSPS) is 30.3. The van der Waals surface area contributed by atoms with Gasteiger partial charge in [-0.25, -0.2) is 9.99 Å². The van der Waals surface area contributed by atoms with Gasteiger partial charge in [-0.2, -0.15) is 0 Å². The van der Waals surface area contributed by atoms with Crippen molar-refractivity contribution in [3.8, 4) is 0 Å². The van der Waals surface area contributed by atoms with Crippen molar-refractivity contribution in [1.82, 2.24) is 19.6 Å². The van der Waals surface area contributed by atoms with E-state index >= 15 is 0 Å². The molecule has 3 heterocycles. The van der Waals surface area contributed by atoms with Gasteiger partial charge in [0.15, 0.2) is 0 Å². The highest BCUT2D eigenvalue weighted by Crippen LogP contribution is 2.99. The SMILES string of the molecule is COC1=C(\n2cnc(C)c2)CC\C=C/C(/C=C2\CCCN3C2=NCCCN3C2(C)CC=CC=C(OS(F)(F)(F)(F)F)C2)=C\1. The van der Waals surface area contributed by atoms with Crippen LogP contribution in [0.3, 0.4) is 0 Å². The first-order valence-corrected chi connectivity index (χ1v) is 16.3. The van der Waals surface area contributed by atoms with Gasteiger partial charge in [-0.1, -0.05) is 43.7 Å². The topological polar surface area (TPSA) is 55.1 Å². The second-order valence-electron chi connectivity index (χ2n) is 11.5. The number of fused-ring (bicyclic) bond motifs is 1. The maximum absolute atomic E-state index is 13.3. The summed E-state index contributed by atoms with van der Waals surface area (Å²) < 4.78 is 77.9. The standard InChI is InChI=1S/C30H38F5N5O2S/c1-23-21-38(22-37-23)27-13-5-4-10-24(19-28(27)41-3)18-25-11-8-16-39-29(25)36-15-9-17-40(39)30(2)14-7-6-12-26(20-30)42-43(31,32,33,34)35/h4,6-7,10,12,18-19,21-22H,5,8-9,11,13-17,20H2,1-3H3/b10-4-,24-19+,25-18+,28-27-. The van der Waals surface area contributed by atoms with Crippen LogP contribution in [0.4, 0.5) is 19.4 Å². The number of aromatic nitrogens is 2. The van der Waals surface area contributed by atoms with E-state index in [1.807, 2.05) is 33.8 Å². The third-order valence-corrected chi connectivity index (χ3v) is 8.40. The molecule has 5 rings (SSSR count). The summed E-state index contributed by atoms with van der Waals surface area (Å²) in [5.74, 6) is 0.687. The van der Waals surface area contributed by atoms with Crippen LogP contribution in [-0.2, 0) is 8.92 Å². The molecular formula is C30H38F5N5O2S. The van der Waals surface area contributed by atoms with Gasteiger partial charge in [0.25, 0.3) is 0 Å². The highest BCUT2D eigenvalue weighted by molar-refractivity contribution is 8.42. The number of hydrogen-bond donors (Lipinski definition) is 0. The number of amidine groups is 1. The zero-order valence-corrected chi connectivity index (χ0v) is 25.4. The lowest BCUT2D eigenvalue weighted by molar-refractivity contribution is -0.0578. The lowest BCUT2D eigenvalue weighted by Gasteiger charge is -2.50. The fraction of sp³-hybridized carbons (Fsp3) is 0.467. The smallest absolute Gasteiger partial charge is 0.435 e. The van der Waals surface area contributed by atoms with E-state index in [4.69, 9.17) is 9.73 Å². The zero-order chi connectivity index (χ0) is 30.9. The van der Waals surface area contributed by atoms with E-state index in [1.54, 1.807) is 26.4 Å². The maximum atomic E-state index is 13.3. The van der Waals surface area contributed by atoms with Gasteiger partial charge >= 0.3 is 10.5 Å². The van der Waals surface area contributed by atoms with E-state index in [9.17, 15) is 19.4 Å². The Morgan fingerprint density at radius 2 is 1.88 bits per heavy atom. The molecule has 43 heavy (non-hydrogen) atoms. The number of hydrazine groups is 1. The molecule has 0 spiro atoms. The lowest BCUT2D eigenvalue weighted by Crippen LogP contribution is -2.59. The molecule has 1 aromatic heterocycles. The Balaban J connectivity index is 1.47. The van der Waals surface area contributed by atoms with Gasteiger partial charge in [0.1, 0.15) is 17.4 Å². The van der Waals surface area contributed by atoms with Crippen molar-refractivity contribution in [3.63, 3.8) is 0 Å². The van der Waals surface area contributed by atoms with E-state index in [-0.39, 0.29) is 6.42 Å². The minimum Gasteiger partial charge on any atom is -0.495 e. The van der Waals surface area contributed by atoms with Crippen LogP contribution in [0.5, 0.6) is 0 Å². The first-order valence-electron chi connectivity index (χ1n) is 14.4. The van der Waals surface area contributed by atoms with Gasteiger partial charge in [-0.3, -0.25) is 10.0 Å². The number of aliphatic imine (C=N–C) groups is 1. The van der Waals surface area contributed by atoms with Crippen molar-refractivity contribution in [3.05, 3.63) is 83.4 Å². The van der Waals surface area contributed by atoms with Crippen molar-refractivity contribution in [2.45, 2.75) is 64.3 Å². The minimum atomic E-state index is -10.1. The van der Waals surface area contributed by atoms with Crippen LogP contribution < -0.4 is 0 Å². The average Bonchev–Trinajstić information content (AvgIpc) is 3.08. The summed E-state index contributed by atoms with van der Waals surface area (Å²) >= 11 is 0. The van der Waals surface area contributed by atoms with E-state index in [1.165, 1.54) is 6.08 Å². The number of aryl methyl sites for hydroxylation is 1. The summed E-state index contributed by atoms with van der Waals surface area (Å²) in [5.41, 5.74) is 2.89. The summed E-state index contributed by atoms with van der Waals surface area (Å²) in [5, 5.41) is 4.03. The van der Waals surface area contributed by atoms with Crippen LogP contribution in [0.2, 0.25) is 0 Å². The van der Waals surface area contributed by atoms with Crippen LogP contribution in [-0.4, -0.2) is 57.7 Å². The largest absolute Gasteiger partial charge is 0.495 e. The third kappa shape index (κ3) is 7.80. The monoisotopic (exact) mass is 627 g/mol. The van der Waals surface area contributed by atoms with Crippen molar-refractivity contribution < 1.29 is 28.3 Å². The van der Waals surface area contributed by atoms with Crippen LogP contribution in [0.25, 0.3) is 5.70 Å². The number of piperidine rings is 1. The Hall–Kier alpha value is -3.32. The second-order valence-corrected chi connectivity index (χ2v) is 13.5. The molecule has 0 N–H and O–H groups in total. The van der Waals surface area contributed by atoms with Crippen molar-refractivity contribution >= 4 is 22.0 Å². The molecular weight excluding hydrogens is 589 g/mol. The summed E-state index contributed by atoms with van der Waals surface area (Å²) in [4.78, 5) is 9.26. The number of halogens is 5. The molecule has 0 amide bonds. The summed E-state index contributed by atoms with van der Waals surface area (Å²) in [6.45, 7) is 5.40. The molecule has 1 aromatic rings. The minimum absolute atomic E-state index is 0.333. The number of allylic oxidation sites excluding steroid dienone is 8. The third-order valence-electron chi connectivity index (χ3n) is 7.87. The molecule has 0 radical (unpaired) electrons. The van der Waals surface area contributed by atoms with E-state index < -0.39 is 21.8 Å². The number of rotatable bonds is 6. The van der Waals surface area contributed by atoms with Gasteiger partial charge in [0, 0.05) is 37.8 Å². The molecule has 4 aliphatic rings. The Morgan fingerprint density at radius 3 is 2.60 bits per heavy atom.